The molecular formula is C20H23NO4S. The summed E-state index contributed by atoms with van der Waals surface area (Å²) in [4.78, 5) is 11.0. The smallest absolute Gasteiger partial charge is 0.303 e. The molecule has 1 aliphatic rings. The van der Waals surface area contributed by atoms with E-state index in [1.54, 1.807) is 25.1 Å². The van der Waals surface area contributed by atoms with Crippen LogP contribution in [0, 0.1) is 6.92 Å². The summed E-state index contributed by atoms with van der Waals surface area (Å²) in [6.45, 7) is 1.79. The number of carboxylic acids is 1. The predicted molar refractivity (Wildman–Crippen MR) is 99.7 cm³/mol. The molecule has 1 unspecified atom stereocenters. The van der Waals surface area contributed by atoms with Crippen molar-refractivity contribution in [1.82, 2.24) is 4.72 Å². The van der Waals surface area contributed by atoms with E-state index in [0.717, 1.165) is 28.7 Å². The molecule has 0 aliphatic heterocycles. The van der Waals surface area contributed by atoms with Crippen LogP contribution in [-0.4, -0.2) is 25.5 Å². The third kappa shape index (κ3) is 4.31. The van der Waals surface area contributed by atoms with E-state index in [2.05, 4.69) is 10.8 Å². The summed E-state index contributed by atoms with van der Waals surface area (Å²) in [7, 11) is -3.54. The van der Waals surface area contributed by atoms with Crippen molar-refractivity contribution in [3.63, 3.8) is 0 Å². The van der Waals surface area contributed by atoms with Crippen LogP contribution in [0.15, 0.2) is 47.4 Å². The van der Waals surface area contributed by atoms with Gasteiger partial charge in [-0.3, -0.25) is 4.79 Å². The number of sulfonamides is 1. The fourth-order valence-electron chi connectivity index (χ4n) is 3.49. The topological polar surface area (TPSA) is 83.5 Å². The van der Waals surface area contributed by atoms with E-state index in [1.165, 1.54) is 0 Å². The number of aliphatic carboxylic acids is 1. The molecule has 2 N–H and O–H groups in total. The molecule has 0 heterocycles. The molecule has 26 heavy (non-hydrogen) atoms. The van der Waals surface area contributed by atoms with Crippen molar-refractivity contribution in [3.8, 4) is 0 Å². The standard InChI is InChI=1S/C20H23NO4S/c1-14-5-2-3-7-19(14)26(24,25)21-18-12-16-10-9-15(11-17(16)13-18)6-4-8-20(22)23/h2-3,5,7,9-11,18,21H,4,6,8,12-13H2,1H3,(H,22,23). The normalized spacial score (nSPS) is 16.4. The second kappa shape index (κ2) is 7.60. The Hall–Kier alpha value is -2.18. The molecule has 0 amide bonds. The molecule has 5 nitrogen and oxygen atoms in total. The highest BCUT2D eigenvalue weighted by Crippen LogP contribution is 2.26. The van der Waals surface area contributed by atoms with Crippen LogP contribution in [0.3, 0.4) is 0 Å². The van der Waals surface area contributed by atoms with Crippen LogP contribution in [0.5, 0.6) is 0 Å². The van der Waals surface area contributed by atoms with Crippen LogP contribution >= 0.6 is 0 Å². The number of benzene rings is 2. The van der Waals surface area contributed by atoms with E-state index in [0.29, 0.717) is 24.2 Å². The van der Waals surface area contributed by atoms with Crippen LogP contribution in [0.4, 0.5) is 0 Å². The van der Waals surface area contributed by atoms with Crippen LogP contribution in [0.2, 0.25) is 0 Å². The Labute approximate surface area is 154 Å². The van der Waals surface area contributed by atoms with Gasteiger partial charge in [0, 0.05) is 12.5 Å². The van der Waals surface area contributed by atoms with E-state index in [1.807, 2.05) is 18.2 Å². The first-order valence-electron chi connectivity index (χ1n) is 8.75. The van der Waals surface area contributed by atoms with Crippen molar-refractivity contribution >= 4 is 16.0 Å². The molecule has 3 rings (SSSR count). The van der Waals surface area contributed by atoms with Crippen molar-refractivity contribution in [2.24, 2.45) is 0 Å². The van der Waals surface area contributed by atoms with Gasteiger partial charge in [0.1, 0.15) is 0 Å². The highest BCUT2D eigenvalue weighted by atomic mass is 32.2. The third-order valence-corrected chi connectivity index (χ3v) is 6.45. The first kappa shape index (κ1) is 18.6. The Morgan fingerprint density at radius 2 is 1.88 bits per heavy atom. The summed E-state index contributed by atoms with van der Waals surface area (Å²) in [5.74, 6) is -0.781. The molecule has 0 radical (unpaired) electrons. The second-order valence-electron chi connectivity index (χ2n) is 6.84. The molecule has 0 bridgehead atoms. The number of carbonyl (C=O) groups is 1. The monoisotopic (exact) mass is 373 g/mol. The number of aryl methyl sites for hydroxylation is 2. The van der Waals surface area contributed by atoms with Crippen molar-refractivity contribution in [2.45, 2.75) is 50.0 Å². The van der Waals surface area contributed by atoms with Gasteiger partial charge in [-0.2, -0.15) is 0 Å². The average Bonchev–Trinajstić information content (AvgIpc) is 2.95. The Morgan fingerprint density at radius 1 is 1.15 bits per heavy atom. The highest BCUT2D eigenvalue weighted by Gasteiger charge is 2.27. The lowest BCUT2D eigenvalue weighted by molar-refractivity contribution is -0.137. The van der Waals surface area contributed by atoms with Gasteiger partial charge in [-0.25, -0.2) is 13.1 Å². The zero-order valence-corrected chi connectivity index (χ0v) is 15.6. The van der Waals surface area contributed by atoms with Crippen molar-refractivity contribution in [3.05, 3.63) is 64.7 Å². The van der Waals surface area contributed by atoms with Gasteiger partial charge in [0.15, 0.2) is 0 Å². The molecule has 0 aromatic heterocycles. The fourth-order valence-corrected chi connectivity index (χ4v) is 4.98. The Bertz CT molecular complexity index is 921. The lowest BCUT2D eigenvalue weighted by atomic mass is 10.0. The molecule has 0 saturated heterocycles. The SMILES string of the molecule is Cc1ccccc1S(=O)(=O)NC1Cc2ccc(CCCC(=O)O)cc2C1. The molecular weight excluding hydrogens is 350 g/mol. The van der Waals surface area contributed by atoms with Gasteiger partial charge < -0.3 is 5.11 Å². The second-order valence-corrected chi connectivity index (χ2v) is 8.52. The number of fused-ring (bicyclic) bond motifs is 1. The lowest BCUT2D eigenvalue weighted by Crippen LogP contribution is -2.35. The first-order chi connectivity index (χ1) is 12.3. The number of nitrogens with one attached hydrogen (secondary N) is 1. The molecule has 2 aromatic carbocycles. The van der Waals surface area contributed by atoms with Gasteiger partial charge in [-0.1, -0.05) is 36.4 Å². The molecule has 0 saturated carbocycles. The van der Waals surface area contributed by atoms with Gasteiger partial charge in [0.2, 0.25) is 10.0 Å². The van der Waals surface area contributed by atoms with E-state index in [-0.39, 0.29) is 12.5 Å². The van der Waals surface area contributed by atoms with Gasteiger partial charge in [0.25, 0.3) is 0 Å². The Balaban J connectivity index is 1.67. The number of carboxylic acid groups (broad SMARTS) is 1. The van der Waals surface area contributed by atoms with E-state index >= 15 is 0 Å². The van der Waals surface area contributed by atoms with Crippen LogP contribution in [0.1, 0.15) is 35.1 Å². The quantitative estimate of drug-likeness (QED) is 0.782. The first-order valence-corrected chi connectivity index (χ1v) is 10.2. The third-order valence-electron chi connectivity index (χ3n) is 4.76. The summed E-state index contributed by atoms with van der Waals surface area (Å²) < 4.78 is 28.2. The molecule has 1 aliphatic carbocycles. The number of hydrogen-bond donors (Lipinski definition) is 2. The van der Waals surface area contributed by atoms with Crippen molar-refractivity contribution < 1.29 is 18.3 Å². The van der Waals surface area contributed by atoms with Gasteiger partial charge in [-0.05, 0) is 60.9 Å². The molecule has 2 aromatic rings. The lowest BCUT2D eigenvalue weighted by Gasteiger charge is -2.14. The summed E-state index contributed by atoms with van der Waals surface area (Å²) in [5.41, 5.74) is 4.14. The number of hydrogen-bond acceptors (Lipinski definition) is 3. The summed E-state index contributed by atoms with van der Waals surface area (Å²) in [5, 5.41) is 8.74. The van der Waals surface area contributed by atoms with Gasteiger partial charge in [0.05, 0.1) is 4.90 Å². The number of rotatable bonds is 7. The fraction of sp³-hybridized carbons (Fsp3) is 0.350. The Morgan fingerprint density at radius 3 is 2.62 bits per heavy atom. The molecule has 1 atom stereocenters. The maximum atomic E-state index is 12.7. The molecule has 6 heteroatoms. The highest BCUT2D eigenvalue weighted by molar-refractivity contribution is 7.89. The molecule has 138 valence electrons. The van der Waals surface area contributed by atoms with Crippen LogP contribution in [-0.2, 0) is 34.1 Å². The zero-order chi connectivity index (χ0) is 18.7. The van der Waals surface area contributed by atoms with Gasteiger partial charge in [-0.15, -0.1) is 0 Å². The van der Waals surface area contributed by atoms with E-state index < -0.39 is 16.0 Å². The van der Waals surface area contributed by atoms with Crippen LogP contribution in [0.25, 0.3) is 0 Å². The van der Waals surface area contributed by atoms with Crippen molar-refractivity contribution in [2.75, 3.05) is 0 Å². The van der Waals surface area contributed by atoms with E-state index in [4.69, 9.17) is 5.11 Å². The van der Waals surface area contributed by atoms with Crippen LogP contribution < -0.4 is 4.72 Å². The van der Waals surface area contributed by atoms with Crippen molar-refractivity contribution in [1.29, 1.82) is 0 Å². The molecule has 0 fully saturated rings. The summed E-state index contributed by atoms with van der Waals surface area (Å²) in [6, 6.07) is 13.0. The average molecular weight is 373 g/mol. The molecule has 0 spiro atoms. The largest absolute Gasteiger partial charge is 0.481 e. The minimum atomic E-state index is -3.54. The van der Waals surface area contributed by atoms with E-state index in [9.17, 15) is 13.2 Å². The van der Waals surface area contributed by atoms with Gasteiger partial charge >= 0.3 is 5.97 Å². The minimum absolute atomic E-state index is 0.149. The minimum Gasteiger partial charge on any atom is -0.481 e. The maximum absolute atomic E-state index is 12.7. The summed E-state index contributed by atoms with van der Waals surface area (Å²) >= 11 is 0. The zero-order valence-electron chi connectivity index (χ0n) is 14.7. The summed E-state index contributed by atoms with van der Waals surface area (Å²) in [6.07, 6.45) is 2.83. The predicted octanol–water partition coefficient (Wildman–Crippen LogP) is 2.85. The Kier molecular flexibility index (Phi) is 5.44. The maximum Gasteiger partial charge on any atom is 0.303 e.